The molecule has 0 spiro atoms. The first-order valence-corrected chi connectivity index (χ1v) is 22.3. The fourth-order valence-corrected chi connectivity index (χ4v) is 8.07. The predicted octanol–water partition coefficient (Wildman–Crippen LogP) is 4.07. The lowest BCUT2D eigenvalue weighted by Crippen LogP contribution is -2.58. The first-order chi connectivity index (χ1) is 31.2. The summed E-state index contributed by atoms with van der Waals surface area (Å²) >= 11 is 0. The zero-order valence-corrected chi connectivity index (χ0v) is 37.2. The number of nitrogens with two attached hydrogens (primary N) is 1. The molecule has 2 fully saturated rings. The van der Waals surface area contributed by atoms with Gasteiger partial charge in [0.05, 0.1) is 19.2 Å². The van der Waals surface area contributed by atoms with Crippen LogP contribution >= 0.6 is 0 Å². The lowest BCUT2D eigenvalue weighted by atomic mass is 9.83. The summed E-state index contributed by atoms with van der Waals surface area (Å²) in [5.41, 5.74) is 6.26. The smallest absolute Gasteiger partial charge is 0.407 e. The molecule has 65 heavy (non-hydrogen) atoms. The van der Waals surface area contributed by atoms with Gasteiger partial charge in [-0.05, 0) is 79.3 Å². The summed E-state index contributed by atoms with van der Waals surface area (Å²) in [4.78, 5) is 109. The van der Waals surface area contributed by atoms with E-state index in [1.165, 1.54) is 4.90 Å². The summed E-state index contributed by atoms with van der Waals surface area (Å²) in [5, 5.41) is 13.1. The predicted molar refractivity (Wildman–Crippen MR) is 240 cm³/mol. The summed E-state index contributed by atoms with van der Waals surface area (Å²) in [6.45, 7) is 5.15. The summed E-state index contributed by atoms with van der Waals surface area (Å²) in [5.74, 6) is -4.91. The Balaban J connectivity index is 1.31. The average molecular weight is 896 g/mol. The van der Waals surface area contributed by atoms with Crippen LogP contribution in [0.5, 0.6) is 11.5 Å². The number of amides is 7. The number of benzene rings is 3. The van der Waals surface area contributed by atoms with Crippen molar-refractivity contribution in [3.63, 3.8) is 0 Å². The lowest BCUT2D eigenvalue weighted by molar-refractivity contribution is -0.143. The number of nitrogens with one attached hydrogen (secondary N) is 5. The van der Waals surface area contributed by atoms with Gasteiger partial charge in [-0.3, -0.25) is 33.6 Å². The highest BCUT2D eigenvalue weighted by molar-refractivity contribution is 6.38. The van der Waals surface area contributed by atoms with E-state index in [2.05, 4.69) is 26.6 Å². The van der Waals surface area contributed by atoms with Gasteiger partial charge in [0.1, 0.15) is 29.6 Å². The van der Waals surface area contributed by atoms with Crippen LogP contribution in [0.1, 0.15) is 94.1 Å². The quantitative estimate of drug-likeness (QED) is 0.0838. The van der Waals surface area contributed by atoms with Crippen LogP contribution in [-0.4, -0.2) is 96.6 Å². The molecule has 348 valence electrons. The number of carbonyl (C=O) groups excluding carboxylic acids is 8. The Morgan fingerprint density at radius 3 is 2.14 bits per heavy atom. The molecule has 0 bridgehead atoms. The van der Waals surface area contributed by atoms with Crippen molar-refractivity contribution in [3.05, 3.63) is 96.1 Å². The zero-order chi connectivity index (χ0) is 46.9. The number of Topliss-reactive ketones (excluding diaryl/α,β-unsaturated/α-hetero) is 1. The third-order valence-corrected chi connectivity index (χ3v) is 11.4. The van der Waals surface area contributed by atoms with Crippen molar-refractivity contribution in [1.82, 2.24) is 31.5 Å². The number of nitrogens with zero attached hydrogens (tertiary/aromatic N) is 1. The molecular formula is C48H61N7O10. The molecule has 17 nitrogen and oxygen atoms in total. The molecule has 2 unspecified atom stereocenters. The third-order valence-electron chi connectivity index (χ3n) is 11.4. The number of carbonyl (C=O) groups is 8. The van der Waals surface area contributed by atoms with Gasteiger partial charge < -0.3 is 46.7 Å². The number of para-hydroxylation sites is 1. The van der Waals surface area contributed by atoms with Crippen LogP contribution in [0.3, 0.4) is 0 Å². The second kappa shape index (κ2) is 24.3. The molecule has 7 amide bonds. The molecule has 1 heterocycles. The number of rotatable bonds is 21. The Hall–Kier alpha value is -6.78. The monoisotopic (exact) mass is 895 g/mol. The van der Waals surface area contributed by atoms with E-state index in [9.17, 15) is 38.4 Å². The van der Waals surface area contributed by atoms with Crippen molar-refractivity contribution in [2.24, 2.45) is 23.5 Å². The van der Waals surface area contributed by atoms with E-state index < -0.39 is 83.9 Å². The number of hydrogen-bond donors (Lipinski definition) is 6. The van der Waals surface area contributed by atoms with Crippen molar-refractivity contribution >= 4 is 47.3 Å². The van der Waals surface area contributed by atoms with Gasteiger partial charge in [0.25, 0.3) is 11.8 Å². The van der Waals surface area contributed by atoms with E-state index in [1.807, 2.05) is 32.0 Å². The average Bonchev–Trinajstić information content (AvgIpc) is 3.75. The van der Waals surface area contributed by atoms with E-state index in [4.69, 9.17) is 15.2 Å². The van der Waals surface area contributed by atoms with Crippen molar-refractivity contribution in [2.45, 2.75) is 96.3 Å². The molecule has 1 aliphatic heterocycles. The Kier molecular flexibility index (Phi) is 18.4. The number of alkyl carbamates (subject to hydrolysis) is 1. The molecule has 7 N–H and O–H groups in total. The van der Waals surface area contributed by atoms with Crippen LogP contribution in [0.2, 0.25) is 0 Å². The molecular weight excluding hydrogens is 835 g/mol. The van der Waals surface area contributed by atoms with Gasteiger partial charge in [-0.25, -0.2) is 4.79 Å². The van der Waals surface area contributed by atoms with Crippen LogP contribution in [0.4, 0.5) is 4.79 Å². The largest absolute Gasteiger partial charge is 0.457 e. The molecule has 3 aromatic carbocycles. The number of hydrogen-bond acceptors (Lipinski definition) is 10. The van der Waals surface area contributed by atoms with Crippen LogP contribution in [-0.2, 0) is 33.5 Å². The maximum Gasteiger partial charge on any atom is 0.407 e. The minimum atomic E-state index is -1.32. The van der Waals surface area contributed by atoms with E-state index in [1.54, 1.807) is 73.7 Å². The molecule has 17 heteroatoms. The van der Waals surface area contributed by atoms with Crippen LogP contribution in [0, 0.1) is 17.8 Å². The standard InChI is InChI=1S/C48H61N7O10/c1-4-15-37(42(57)46(61)51-27-39(56)53-40(43(49)58)32-16-8-5-9-17-32)52-45(60)38-24-31(26-50-44(59)34-20-14-23-36(25-34)65-35-21-12-7-13-22-35)28-55(38)47(62)41(33-18-10-6-11-19-33)54-48(63)64-29-30(2)3/h5,7-9,12-14,16-17,20-23,25,30-31,33,37-38,40-41H,4,6,10-11,15,18-19,24,26-29H2,1-3H3,(H2,49,58)(H,50,59)(H,51,61)(H,52,60)(H,53,56)(H,54,63)/t31-,37?,38-,40?,41-/m0/s1. The van der Waals surface area contributed by atoms with Crippen molar-refractivity contribution in [3.8, 4) is 11.5 Å². The maximum absolute atomic E-state index is 14.7. The fourth-order valence-electron chi connectivity index (χ4n) is 8.07. The van der Waals surface area contributed by atoms with Crippen LogP contribution in [0.25, 0.3) is 0 Å². The maximum atomic E-state index is 14.7. The molecule has 0 aromatic heterocycles. The Morgan fingerprint density at radius 1 is 0.800 bits per heavy atom. The summed E-state index contributed by atoms with van der Waals surface area (Å²) in [6, 6.07) is 19.4. The topological polar surface area (TPSA) is 244 Å². The SMILES string of the molecule is CCCC(NC(=O)[C@@H]1C[C@@H](CNC(=O)c2cccc(Oc3ccccc3)c2)CN1C(=O)[C@@H](NC(=O)OCC(C)C)C1CCCCC1)C(=O)C(=O)NCC(=O)NC(C(N)=O)c1ccccc1. The van der Waals surface area contributed by atoms with Gasteiger partial charge in [0.15, 0.2) is 0 Å². The molecule has 2 aliphatic rings. The lowest BCUT2D eigenvalue weighted by Gasteiger charge is -2.34. The summed E-state index contributed by atoms with van der Waals surface area (Å²) in [6.07, 6.45) is 3.83. The molecule has 1 saturated carbocycles. The van der Waals surface area contributed by atoms with Crippen LogP contribution < -0.4 is 37.1 Å². The van der Waals surface area contributed by atoms with E-state index in [0.717, 1.165) is 19.3 Å². The molecule has 5 atom stereocenters. The number of primary amides is 1. The van der Waals surface area contributed by atoms with Gasteiger partial charge >= 0.3 is 6.09 Å². The van der Waals surface area contributed by atoms with Gasteiger partial charge in [-0.2, -0.15) is 0 Å². The summed E-state index contributed by atoms with van der Waals surface area (Å²) in [7, 11) is 0. The van der Waals surface area contributed by atoms with Gasteiger partial charge in [-0.1, -0.05) is 101 Å². The molecule has 5 rings (SSSR count). The molecule has 1 aliphatic carbocycles. The zero-order valence-electron chi connectivity index (χ0n) is 37.2. The Bertz CT molecular complexity index is 2130. The molecule has 0 radical (unpaired) electrons. The molecule has 3 aromatic rings. The van der Waals surface area contributed by atoms with Gasteiger partial charge in [-0.15, -0.1) is 0 Å². The first kappa shape index (κ1) is 49.2. The van der Waals surface area contributed by atoms with Crippen molar-refractivity contribution in [2.75, 3.05) is 26.2 Å². The fraction of sp³-hybridized carbons (Fsp3) is 0.458. The number of ether oxygens (including phenoxy) is 2. The third kappa shape index (κ3) is 14.6. The van der Waals surface area contributed by atoms with Gasteiger partial charge in [0, 0.05) is 18.7 Å². The van der Waals surface area contributed by atoms with E-state index in [-0.39, 0.29) is 44.4 Å². The Labute approximate surface area is 379 Å². The van der Waals surface area contributed by atoms with Gasteiger partial charge in [0.2, 0.25) is 29.4 Å². The normalized spacial score (nSPS) is 17.4. The number of likely N-dealkylation sites (tertiary alicyclic amines) is 1. The second-order valence-electron chi connectivity index (χ2n) is 17.0. The highest BCUT2D eigenvalue weighted by Gasteiger charge is 2.45. The van der Waals surface area contributed by atoms with Crippen molar-refractivity contribution < 1.29 is 47.8 Å². The number of ketones is 1. The van der Waals surface area contributed by atoms with E-state index in [0.29, 0.717) is 41.9 Å². The summed E-state index contributed by atoms with van der Waals surface area (Å²) < 4.78 is 11.3. The van der Waals surface area contributed by atoms with Crippen LogP contribution in [0.15, 0.2) is 84.9 Å². The van der Waals surface area contributed by atoms with E-state index >= 15 is 0 Å². The first-order valence-electron chi connectivity index (χ1n) is 22.3. The minimum absolute atomic E-state index is 0.0393. The molecule has 1 saturated heterocycles. The van der Waals surface area contributed by atoms with Crippen molar-refractivity contribution in [1.29, 1.82) is 0 Å². The highest BCUT2D eigenvalue weighted by Crippen LogP contribution is 2.31. The second-order valence-corrected chi connectivity index (χ2v) is 17.0. The Morgan fingerprint density at radius 2 is 1.48 bits per heavy atom. The minimum Gasteiger partial charge on any atom is -0.457 e. The highest BCUT2D eigenvalue weighted by atomic mass is 16.5.